The Morgan fingerprint density at radius 2 is 1.56 bits per heavy atom. The number of fused-ring (bicyclic) bond motifs is 3. The monoisotopic (exact) mass is 122 g/mol. The normalized spacial score (nSPS) is 50.7. The molecule has 0 radical (unpaired) electrons. The Labute approximate surface area is 56.6 Å². The molecule has 0 nitrogen and oxygen atoms in total. The van der Waals surface area contributed by atoms with Crippen LogP contribution in [0.5, 0.6) is 0 Å². The van der Waals surface area contributed by atoms with E-state index < -0.39 is 0 Å². The summed E-state index contributed by atoms with van der Waals surface area (Å²) in [7, 11) is 0. The first-order valence-electron chi connectivity index (χ1n) is 4.43. The molecule has 0 amide bonds. The Hall–Kier alpha value is 0. The SMILES string of the molecule is C1CC2C(C1)C21CCC1. The molecule has 3 aliphatic carbocycles. The fourth-order valence-corrected chi connectivity index (χ4v) is 3.53. The molecule has 3 rings (SSSR count). The van der Waals surface area contributed by atoms with Crippen molar-refractivity contribution in [2.24, 2.45) is 17.3 Å². The minimum atomic E-state index is 0.984. The van der Waals surface area contributed by atoms with Gasteiger partial charge in [-0.1, -0.05) is 12.8 Å². The van der Waals surface area contributed by atoms with Crippen LogP contribution in [0.2, 0.25) is 0 Å². The molecule has 0 aliphatic heterocycles. The fraction of sp³-hybridized carbons (Fsp3) is 1.00. The third kappa shape index (κ3) is 0.367. The largest absolute Gasteiger partial charge is 0.0527 e. The van der Waals surface area contributed by atoms with Gasteiger partial charge in [0.2, 0.25) is 0 Å². The van der Waals surface area contributed by atoms with Gasteiger partial charge in [-0.15, -0.1) is 0 Å². The third-order valence-electron chi connectivity index (χ3n) is 4.17. The van der Waals surface area contributed by atoms with Gasteiger partial charge < -0.3 is 0 Å². The summed E-state index contributed by atoms with van der Waals surface area (Å²) in [6, 6.07) is 0. The van der Waals surface area contributed by atoms with Crippen LogP contribution < -0.4 is 0 Å². The maximum absolute atomic E-state index is 1.60. The lowest BCUT2D eigenvalue weighted by atomic mass is 9.76. The predicted molar refractivity (Wildman–Crippen MR) is 37.1 cm³/mol. The van der Waals surface area contributed by atoms with Gasteiger partial charge in [0.05, 0.1) is 0 Å². The van der Waals surface area contributed by atoms with Crippen molar-refractivity contribution in [2.45, 2.75) is 38.5 Å². The summed E-state index contributed by atoms with van der Waals surface area (Å²) in [5.41, 5.74) is 0.984. The second-order valence-corrected chi connectivity index (χ2v) is 4.23. The summed E-state index contributed by atoms with van der Waals surface area (Å²) >= 11 is 0. The number of rotatable bonds is 0. The Kier molecular flexibility index (Phi) is 0.640. The molecular formula is C9H14. The molecule has 3 saturated carbocycles. The second-order valence-electron chi connectivity index (χ2n) is 4.23. The minimum absolute atomic E-state index is 0.984. The molecule has 1 spiro atoms. The fourth-order valence-electron chi connectivity index (χ4n) is 3.53. The average molecular weight is 122 g/mol. The van der Waals surface area contributed by atoms with Crippen LogP contribution in [0.25, 0.3) is 0 Å². The Morgan fingerprint density at radius 3 is 1.89 bits per heavy atom. The molecule has 50 valence electrons. The maximum atomic E-state index is 1.60. The lowest BCUT2D eigenvalue weighted by molar-refractivity contribution is 0.219. The first-order chi connectivity index (χ1) is 4.43. The summed E-state index contributed by atoms with van der Waals surface area (Å²) in [6.07, 6.45) is 9.48. The van der Waals surface area contributed by atoms with Crippen molar-refractivity contribution in [3.8, 4) is 0 Å². The van der Waals surface area contributed by atoms with Gasteiger partial charge in [0, 0.05) is 0 Å². The van der Waals surface area contributed by atoms with Crippen LogP contribution in [0.15, 0.2) is 0 Å². The van der Waals surface area contributed by atoms with Crippen LogP contribution in [-0.2, 0) is 0 Å². The predicted octanol–water partition coefficient (Wildman–Crippen LogP) is 2.59. The van der Waals surface area contributed by atoms with E-state index >= 15 is 0 Å². The quantitative estimate of drug-likeness (QED) is 0.463. The summed E-state index contributed by atoms with van der Waals surface area (Å²) in [5, 5.41) is 0. The van der Waals surface area contributed by atoms with E-state index in [2.05, 4.69) is 0 Å². The smallest absolute Gasteiger partial charge is 0.0235 e. The zero-order valence-corrected chi connectivity index (χ0v) is 5.90. The van der Waals surface area contributed by atoms with Crippen LogP contribution in [0.3, 0.4) is 0 Å². The topological polar surface area (TPSA) is 0 Å². The van der Waals surface area contributed by atoms with E-state index in [1.54, 1.807) is 38.5 Å². The van der Waals surface area contributed by atoms with Crippen LogP contribution >= 0.6 is 0 Å². The van der Waals surface area contributed by atoms with Crippen molar-refractivity contribution in [1.29, 1.82) is 0 Å². The highest BCUT2D eigenvalue weighted by Gasteiger charge is 2.67. The highest BCUT2D eigenvalue weighted by Crippen LogP contribution is 2.75. The summed E-state index contributed by atoms with van der Waals surface area (Å²) in [4.78, 5) is 0. The van der Waals surface area contributed by atoms with E-state index in [0.717, 1.165) is 5.41 Å². The van der Waals surface area contributed by atoms with E-state index in [-0.39, 0.29) is 0 Å². The lowest BCUT2D eigenvalue weighted by Gasteiger charge is -2.29. The number of hydrogen-bond acceptors (Lipinski definition) is 0. The van der Waals surface area contributed by atoms with Gasteiger partial charge in [-0.3, -0.25) is 0 Å². The average Bonchev–Trinajstić information content (AvgIpc) is 2.13. The molecule has 0 aromatic rings. The molecule has 2 atom stereocenters. The summed E-state index contributed by atoms with van der Waals surface area (Å²) in [5.74, 6) is 2.46. The standard InChI is InChI=1S/C9H14/c1-3-7-8(4-1)9(7)5-2-6-9/h7-8H,1-6H2. The van der Waals surface area contributed by atoms with E-state index in [4.69, 9.17) is 0 Å². The van der Waals surface area contributed by atoms with Crippen molar-refractivity contribution in [2.75, 3.05) is 0 Å². The van der Waals surface area contributed by atoms with E-state index in [0.29, 0.717) is 0 Å². The second kappa shape index (κ2) is 1.21. The first kappa shape index (κ1) is 4.76. The van der Waals surface area contributed by atoms with E-state index in [1.807, 2.05) is 0 Å². The maximum Gasteiger partial charge on any atom is -0.0235 e. The highest BCUT2D eigenvalue weighted by molar-refractivity contribution is 5.16. The van der Waals surface area contributed by atoms with Gasteiger partial charge in [-0.2, -0.15) is 0 Å². The Balaban J connectivity index is 1.86. The first-order valence-corrected chi connectivity index (χ1v) is 4.43. The van der Waals surface area contributed by atoms with Crippen molar-refractivity contribution in [3.05, 3.63) is 0 Å². The van der Waals surface area contributed by atoms with Gasteiger partial charge in [-0.05, 0) is 42.9 Å². The van der Waals surface area contributed by atoms with Crippen molar-refractivity contribution < 1.29 is 0 Å². The molecule has 0 heterocycles. The third-order valence-corrected chi connectivity index (χ3v) is 4.17. The molecular weight excluding hydrogens is 108 g/mol. The van der Waals surface area contributed by atoms with Gasteiger partial charge in [0.15, 0.2) is 0 Å². The molecule has 0 heteroatoms. The zero-order chi connectivity index (χ0) is 5.90. The molecule has 0 bridgehead atoms. The molecule has 0 aromatic carbocycles. The molecule has 0 aromatic heterocycles. The number of hydrogen-bond donors (Lipinski definition) is 0. The van der Waals surface area contributed by atoms with Crippen LogP contribution in [0, 0.1) is 17.3 Å². The highest BCUT2D eigenvalue weighted by atomic mass is 14.7. The van der Waals surface area contributed by atoms with Gasteiger partial charge in [0.25, 0.3) is 0 Å². The minimum Gasteiger partial charge on any atom is -0.0527 e. The molecule has 0 N–H and O–H groups in total. The van der Waals surface area contributed by atoms with E-state index in [1.165, 1.54) is 11.8 Å². The van der Waals surface area contributed by atoms with Crippen LogP contribution in [0.1, 0.15) is 38.5 Å². The van der Waals surface area contributed by atoms with Gasteiger partial charge in [-0.25, -0.2) is 0 Å². The molecule has 3 fully saturated rings. The summed E-state index contributed by atoms with van der Waals surface area (Å²) in [6.45, 7) is 0. The molecule has 2 unspecified atom stereocenters. The summed E-state index contributed by atoms with van der Waals surface area (Å²) < 4.78 is 0. The van der Waals surface area contributed by atoms with Crippen LogP contribution in [-0.4, -0.2) is 0 Å². The van der Waals surface area contributed by atoms with Gasteiger partial charge >= 0.3 is 0 Å². The van der Waals surface area contributed by atoms with Gasteiger partial charge in [0.1, 0.15) is 0 Å². The van der Waals surface area contributed by atoms with E-state index in [9.17, 15) is 0 Å². The van der Waals surface area contributed by atoms with Crippen molar-refractivity contribution >= 4 is 0 Å². The van der Waals surface area contributed by atoms with Crippen molar-refractivity contribution in [3.63, 3.8) is 0 Å². The molecule has 3 aliphatic rings. The lowest BCUT2D eigenvalue weighted by Crippen LogP contribution is -2.17. The Bertz CT molecular complexity index is 132. The van der Waals surface area contributed by atoms with Crippen LogP contribution in [0.4, 0.5) is 0 Å². The van der Waals surface area contributed by atoms with Crippen molar-refractivity contribution in [1.82, 2.24) is 0 Å². The molecule has 9 heavy (non-hydrogen) atoms. The molecule has 0 saturated heterocycles. The zero-order valence-electron chi connectivity index (χ0n) is 5.90. The Morgan fingerprint density at radius 1 is 0.889 bits per heavy atom.